The SMILES string of the molecule is COC(=O)C(C)NC(=O)C1CCOCC1. The summed E-state index contributed by atoms with van der Waals surface area (Å²) in [5.41, 5.74) is 0. The number of methoxy groups -OCH3 is 1. The van der Waals surface area contributed by atoms with Crippen molar-refractivity contribution in [3.63, 3.8) is 0 Å². The van der Waals surface area contributed by atoms with E-state index >= 15 is 0 Å². The van der Waals surface area contributed by atoms with Gasteiger partial charge in [-0.2, -0.15) is 0 Å². The third kappa shape index (κ3) is 3.51. The number of esters is 1. The minimum Gasteiger partial charge on any atom is -0.467 e. The number of rotatable bonds is 3. The Balaban J connectivity index is 2.36. The topological polar surface area (TPSA) is 64.6 Å². The Labute approximate surface area is 89.1 Å². The zero-order valence-corrected chi connectivity index (χ0v) is 9.12. The van der Waals surface area contributed by atoms with E-state index in [1.807, 2.05) is 0 Å². The zero-order valence-electron chi connectivity index (χ0n) is 9.12. The summed E-state index contributed by atoms with van der Waals surface area (Å²) in [4.78, 5) is 22.7. The maximum absolute atomic E-state index is 11.7. The summed E-state index contributed by atoms with van der Waals surface area (Å²) < 4.78 is 9.67. The highest BCUT2D eigenvalue weighted by Crippen LogP contribution is 2.14. The Hall–Kier alpha value is -1.10. The molecule has 0 spiro atoms. The predicted molar refractivity (Wildman–Crippen MR) is 53.2 cm³/mol. The van der Waals surface area contributed by atoms with Gasteiger partial charge in [-0.3, -0.25) is 4.79 Å². The fraction of sp³-hybridized carbons (Fsp3) is 0.800. The summed E-state index contributed by atoms with van der Waals surface area (Å²) in [7, 11) is 1.30. The third-order valence-electron chi connectivity index (χ3n) is 2.51. The van der Waals surface area contributed by atoms with Crippen molar-refractivity contribution >= 4 is 11.9 Å². The normalized spacial score (nSPS) is 19.3. The van der Waals surface area contributed by atoms with Gasteiger partial charge in [-0.05, 0) is 19.8 Å². The van der Waals surface area contributed by atoms with Gasteiger partial charge in [0.25, 0.3) is 0 Å². The van der Waals surface area contributed by atoms with Crippen molar-refractivity contribution in [3.8, 4) is 0 Å². The van der Waals surface area contributed by atoms with Crippen LogP contribution in [0.4, 0.5) is 0 Å². The highest BCUT2D eigenvalue weighted by atomic mass is 16.5. The van der Waals surface area contributed by atoms with E-state index < -0.39 is 12.0 Å². The van der Waals surface area contributed by atoms with Crippen LogP contribution in [0.15, 0.2) is 0 Å². The van der Waals surface area contributed by atoms with Crippen LogP contribution >= 0.6 is 0 Å². The molecule has 0 aliphatic carbocycles. The first-order chi connectivity index (χ1) is 7.15. The van der Waals surface area contributed by atoms with Crippen LogP contribution in [0, 0.1) is 5.92 Å². The molecule has 0 saturated carbocycles. The fourth-order valence-corrected chi connectivity index (χ4v) is 1.53. The molecule has 1 aliphatic heterocycles. The maximum Gasteiger partial charge on any atom is 0.328 e. The summed E-state index contributed by atoms with van der Waals surface area (Å²) in [6.07, 6.45) is 1.44. The Kier molecular flexibility index (Phi) is 4.55. The van der Waals surface area contributed by atoms with Crippen LogP contribution in [-0.4, -0.2) is 38.2 Å². The molecule has 5 heteroatoms. The molecule has 1 atom stereocenters. The van der Waals surface area contributed by atoms with E-state index in [1.54, 1.807) is 6.92 Å². The lowest BCUT2D eigenvalue weighted by molar-refractivity contribution is -0.145. The lowest BCUT2D eigenvalue weighted by atomic mass is 9.99. The second kappa shape index (κ2) is 5.70. The van der Waals surface area contributed by atoms with Crippen molar-refractivity contribution in [2.24, 2.45) is 5.92 Å². The van der Waals surface area contributed by atoms with E-state index in [4.69, 9.17) is 4.74 Å². The van der Waals surface area contributed by atoms with Crippen LogP contribution < -0.4 is 5.32 Å². The Morgan fingerprint density at radius 1 is 1.40 bits per heavy atom. The van der Waals surface area contributed by atoms with Crippen molar-refractivity contribution in [2.45, 2.75) is 25.8 Å². The maximum atomic E-state index is 11.7. The van der Waals surface area contributed by atoms with Crippen molar-refractivity contribution in [3.05, 3.63) is 0 Å². The van der Waals surface area contributed by atoms with Crippen LogP contribution in [0.2, 0.25) is 0 Å². The molecule has 0 aromatic rings. The number of hydrogen-bond acceptors (Lipinski definition) is 4. The van der Waals surface area contributed by atoms with E-state index in [-0.39, 0.29) is 11.8 Å². The molecule has 0 aromatic carbocycles. The van der Waals surface area contributed by atoms with Gasteiger partial charge in [0.05, 0.1) is 7.11 Å². The fourth-order valence-electron chi connectivity index (χ4n) is 1.53. The minimum atomic E-state index is -0.578. The Morgan fingerprint density at radius 3 is 2.53 bits per heavy atom. The molecule has 1 unspecified atom stereocenters. The molecule has 0 radical (unpaired) electrons. The number of ether oxygens (including phenoxy) is 2. The molecule has 15 heavy (non-hydrogen) atoms. The van der Waals surface area contributed by atoms with Gasteiger partial charge in [0, 0.05) is 19.1 Å². The number of carbonyl (C=O) groups is 2. The second-order valence-electron chi connectivity index (χ2n) is 3.64. The molecule has 1 saturated heterocycles. The molecule has 5 nitrogen and oxygen atoms in total. The van der Waals surface area contributed by atoms with Crippen LogP contribution in [0.1, 0.15) is 19.8 Å². The molecule has 1 N–H and O–H groups in total. The summed E-state index contributed by atoms with van der Waals surface area (Å²) in [6, 6.07) is -0.578. The van der Waals surface area contributed by atoms with Crippen LogP contribution in [0.25, 0.3) is 0 Å². The van der Waals surface area contributed by atoms with Crippen LogP contribution in [0.3, 0.4) is 0 Å². The van der Waals surface area contributed by atoms with Crippen molar-refractivity contribution in [1.29, 1.82) is 0 Å². The number of nitrogens with one attached hydrogen (secondary N) is 1. The summed E-state index contributed by atoms with van der Waals surface area (Å²) in [5, 5.41) is 2.63. The molecule has 1 aliphatic rings. The quantitative estimate of drug-likeness (QED) is 0.678. The van der Waals surface area contributed by atoms with E-state index in [0.717, 1.165) is 12.8 Å². The first-order valence-corrected chi connectivity index (χ1v) is 5.11. The Morgan fingerprint density at radius 2 is 2.00 bits per heavy atom. The monoisotopic (exact) mass is 215 g/mol. The molecule has 1 heterocycles. The average molecular weight is 215 g/mol. The van der Waals surface area contributed by atoms with Gasteiger partial charge in [0.1, 0.15) is 6.04 Å². The average Bonchev–Trinajstić information content (AvgIpc) is 2.29. The highest BCUT2D eigenvalue weighted by molar-refractivity contribution is 5.85. The van der Waals surface area contributed by atoms with Gasteiger partial charge in [0.15, 0.2) is 0 Å². The number of amides is 1. The summed E-state index contributed by atoms with van der Waals surface area (Å²) in [6.45, 7) is 2.85. The highest BCUT2D eigenvalue weighted by Gasteiger charge is 2.24. The standard InChI is InChI=1S/C10H17NO4/c1-7(10(13)14-2)11-9(12)8-3-5-15-6-4-8/h7-8H,3-6H2,1-2H3,(H,11,12). The lowest BCUT2D eigenvalue weighted by Gasteiger charge is -2.22. The number of carbonyl (C=O) groups excluding carboxylic acids is 2. The van der Waals surface area contributed by atoms with Gasteiger partial charge in [-0.1, -0.05) is 0 Å². The minimum absolute atomic E-state index is 0.0362. The molecule has 1 amide bonds. The van der Waals surface area contributed by atoms with Crippen molar-refractivity contribution in [2.75, 3.05) is 20.3 Å². The molecular weight excluding hydrogens is 198 g/mol. The molecule has 1 rings (SSSR count). The third-order valence-corrected chi connectivity index (χ3v) is 2.51. The molecule has 86 valence electrons. The van der Waals surface area contributed by atoms with Crippen molar-refractivity contribution in [1.82, 2.24) is 5.32 Å². The predicted octanol–water partition coefficient (Wildman–Crippen LogP) is 0.0907. The number of hydrogen-bond donors (Lipinski definition) is 1. The van der Waals surface area contributed by atoms with Crippen molar-refractivity contribution < 1.29 is 19.1 Å². The largest absolute Gasteiger partial charge is 0.467 e. The smallest absolute Gasteiger partial charge is 0.328 e. The van der Waals surface area contributed by atoms with Gasteiger partial charge >= 0.3 is 5.97 Å². The van der Waals surface area contributed by atoms with Gasteiger partial charge in [-0.25, -0.2) is 4.79 Å². The first-order valence-electron chi connectivity index (χ1n) is 5.11. The first kappa shape index (κ1) is 12.0. The van der Waals surface area contributed by atoms with Crippen LogP contribution in [-0.2, 0) is 19.1 Å². The van der Waals surface area contributed by atoms with Crippen LogP contribution in [0.5, 0.6) is 0 Å². The van der Waals surface area contributed by atoms with E-state index in [1.165, 1.54) is 7.11 Å². The van der Waals surface area contributed by atoms with Gasteiger partial charge < -0.3 is 14.8 Å². The second-order valence-corrected chi connectivity index (χ2v) is 3.64. The van der Waals surface area contributed by atoms with Gasteiger partial charge in [0.2, 0.25) is 5.91 Å². The lowest BCUT2D eigenvalue weighted by Crippen LogP contribution is -2.43. The van der Waals surface area contributed by atoms with E-state index in [9.17, 15) is 9.59 Å². The summed E-state index contributed by atoms with van der Waals surface area (Å²) >= 11 is 0. The Bertz CT molecular complexity index is 236. The molecular formula is C10H17NO4. The van der Waals surface area contributed by atoms with E-state index in [2.05, 4.69) is 10.1 Å². The summed E-state index contributed by atoms with van der Waals surface area (Å²) in [5.74, 6) is -0.544. The van der Waals surface area contributed by atoms with E-state index in [0.29, 0.717) is 13.2 Å². The molecule has 1 fully saturated rings. The molecule has 0 aromatic heterocycles. The zero-order chi connectivity index (χ0) is 11.3. The van der Waals surface area contributed by atoms with Gasteiger partial charge in [-0.15, -0.1) is 0 Å². The molecule has 0 bridgehead atoms.